The van der Waals surface area contributed by atoms with Crippen molar-refractivity contribution in [2.45, 2.75) is 18.4 Å². The predicted octanol–water partition coefficient (Wildman–Crippen LogP) is 1.99. The van der Waals surface area contributed by atoms with E-state index in [0.717, 1.165) is 22.6 Å². The molecule has 0 radical (unpaired) electrons. The van der Waals surface area contributed by atoms with Gasteiger partial charge in [-0.05, 0) is 36.8 Å². The fraction of sp³-hybridized carbons (Fsp3) is 0.316. The Kier molecular flexibility index (Phi) is 8.53. The zero-order valence-electron chi connectivity index (χ0n) is 16.3. The summed E-state index contributed by atoms with van der Waals surface area (Å²) in [6, 6.07) is 12.5. The minimum absolute atomic E-state index is 0. The first-order valence-electron chi connectivity index (χ1n) is 8.87. The van der Waals surface area contributed by atoms with Crippen molar-refractivity contribution >= 4 is 40.0 Å². The Balaban J connectivity index is 0.00000300. The first-order chi connectivity index (χ1) is 13.5. The highest BCUT2D eigenvalue weighted by molar-refractivity contribution is 14.0. The van der Waals surface area contributed by atoms with Crippen molar-refractivity contribution in [3.8, 4) is 11.5 Å². The molecule has 3 N–H and O–H groups in total. The summed E-state index contributed by atoms with van der Waals surface area (Å²) >= 11 is 0. The summed E-state index contributed by atoms with van der Waals surface area (Å²) in [5, 5.41) is 6.26. The number of halogens is 1. The Morgan fingerprint density at radius 2 is 1.76 bits per heavy atom. The van der Waals surface area contributed by atoms with Crippen LogP contribution in [0.4, 0.5) is 0 Å². The number of benzene rings is 2. The molecule has 0 aromatic heterocycles. The van der Waals surface area contributed by atoms with Crippen LogP contribution in [-0.2, 0) is 16.6 Å². The minimum Gasteiger partial charge on any atom is -0.454 e. The number of rotatable bonds is 7. The van der Waals surface area contributed by atoms with Crippen molar-refractivity contribution in [3.05, 3.63) is 53.6 Å². The van der Waals surface area contributed by atoms with Gasteiger partial charge >= 0.3 is 0 Å². The molecule has 2 aromatic carbocycles. The van der Waals surface area contributed by atoms with Crippen LogP contribution in [0.5, 0.6) is 11.5 Å². The molecule has 0 aliphatic carbocycles. The van der Waals surface area contributed by atoms with E-state index in [0.29, 0.717) is 19.0 Å². The van der Waals surface area contributed by atoms with Gasteiger partial charge in [0.15, 0.2) is 17.5 Å². The lowest BCUT2D eigenvalue weighted by atomic mass is 10.2. The summed E-state index contributed by atoms with van der Waals surface area (Å²) < 4.78 is 37.7. The van der Waals surface area contributed by atoms with Gasteiger partial charge in [-0.3, -0.25) is 4.99 Å². The highest BCUT2D eigenvalue weighted by Gasteiger charge is 2.14. The summed E-state index contributed by atoms with van der Waals surface area (Å²) in [7, 11) is -1.86. The van der Waals surface area contributed by atoms with Crippen molar-refractivity contribution in [1.29, 1.82) is 0 Å². The standard InChI is InChI=1S/C19H24N4O4S.HI/c1-14-3-6-16(7-4-14)28(24,25)23-10-9-21-19(20-2)22-12-15-5-8-17-18(11-15)27-13-26-17;/h3-8,11,23H,9-10,12-13H2,1-2H3,(H2,20,21,22);1H. The Bertz CT molecular complexity index is 949. The average molecular weight is 532 g/mol. The SMILES string of the molecule is CN=C(NCCNS(=O)(=O)c1ccc(C)cc1)NCc1ccc2c(c1)OCO2.I. The van der Waals surface area contributed by atoms with Gasteiger partial charge in [0.05, 0.1) is 4.90 Å². The topological polar surface area (TPSA) is 101 Å². The van der Waals surface area contributed by atoms with E-state index in [9.17, 15) is 8.42 Å². The molecular formula is C19H25IN4O4S. The number of aliphatic imine (C=N–C) groups is 1. The molecule has 3 rings (SSSR count). The van der Waals surface area contributed by atoms with E-state index in [2.05, 4.69) is 20.3 Å². The molecule has 0 fully saturated rings. The van der Waals surface area contributed by atoms with Crippen molar-refractivity contribution in [1.82, 2.24) is 15.4 Å². The molecule has 2 aromatic rings. The van der Waals surface area contributed by atoms with E-state index in [1.807, 2.05) is 25.1 Å². The number of nitrogens with one attached hydrogen (secondary N) is 3. The zero-order chi connectivity index (χ0) is 20.0. The molecule has 0 saturated heterocycles. The maximum Gasteiger partial charge on any atom is 0.240 e. The first kappa shape index (κ1) is 23.2. The molecule has 0 spiro atoms. The molecule has 0 amide bonds. The third-order valence-corrected chi connectivity index (χ3v) is 5.64. The van der Waals surface area contributed by atoms with E-state index < -0.39 is 10.0 Å². The maximum atomic E-state index is 12.3. The summed E-state index contributed by atoms with van der Waals surface area (Å²) in [5.41, 5.74) is 2.03. The van der Waals surface area contributed by atoms with Gasteiger partial charge in [0.2, 0.25) is 16.8 Å². The van der Waals surface area contributed by atoms with Crippen LogP contribution in [0.25, 0.3) is 0 Å². The van der Waals surface area contributed by atoms with E-state index >= 15 is 0 Å². The second-order valence-corrected chi connectivity index (χ2v) is 8.02. The van der Waals surface area contributed by atoms with Gasteiger partial charge < -0.3 is 20.1 Å². The van der Waals surface area contributed by atoms with Crippen LogP contribution in [0.3, 0.4) is 0 Å². The number of guanidine groups is 1. The Labute approximate surface area is 188 Å². The lowest BCUT2D eigenvalue weighted by molar-refractivity contribution is 0.174. The first-order valence-corrected chi connectivity index (χ1v) is 10.4. The molecule has 0 bridgehead atoms. The van der Waals surface area contributed by atoms with Crippen LogP contribution in [0.2, 0.25) is 0 Å². The van der Waals surface area contributed by atoms with E-state index in [4.69, 9.17) is 9.47 Å². The third kappa shape index (κ3) is 6.47. The molecule has 29 heavy (non-hydrogen) atoms. The van der Waals surface area contributed by atoms with Crippen LogP contribution in [0.1, 0.15) is 11.1 Å². The third-order valence-electron chi connectivity index (χ3n) is 4.16. The van der Waals surface area contributed by atoms with E-state index in [1.165, 1.54) is 0 Å². The number of aryl methyl sites for hydroxylation is 1. The molecule has 0 saturated carbocycles. The van der Waals surface area contributed by atoms with Crippen molar-refractivity contribution < 1.29 is 17.9 Å². The molecule has 1 heterocycles. The number of nitrogens with zero attached hydrogens (tertiary/aromatic N) is 1. The van der Waals surface area contributed by atoms with Gasteiger partial charge in [0, 0.05) is 26.7 Å². The molecule has 1 aliphatic rings. The van der Waals surface area contributed by atoms with Crippen molar-refractivity contribution in [2.24, 2.45) is 4.99 Å². The van der Waals surface area contributed by atoms with Gasteiger partial charge in [-0.25, -0.2) is 13.1 Å². The predicted molar refractivity (Wildman–Crippen MR) is 123 cm³/mol. The summed E-state index contributed by atoms with van der Waals surface area (Å²) in [5.74, 6) is 2.05. The Hall–Kier alpha value is -2.05. The minimum atomic E-state index is -3.52. The molecule has 8 nitrogen and oxygen atoms in total. The van der Waals surface area contributed by atoms with Crippen LogP contribution < -0.4 is 24.8 Å². The summed E-state index contributed by atoms with van der Waals surface area (Å²) in [4.78, 5) is 4.39. The highest BCUT2D eigenvalue weighted by Crippen LogP contribution is 2.32. The van der Waals surface area contributed by atoms with Crippen molar-refractivity contribution in [3.63, 3.8) is 0 Å². The number of hydrogen-bond acceptors (Lipinski definition) is 5. The smallest absolute Gasteiger partial charge is 0.240 e. The lowest BCUT2D eigenvalue weighted by Crippen LogP contribution is -2.41. The fourth-order valence-electron chi connectivity index (χ4n) is 2.62. The van der Waals surface area contributed by atoms with E-state index in [1.54, 1.807) is 31.3 Å². The molecule has 1 aliphatic heterocycles. The molecule has 0 atom stereocenters. The Morgan fingerprint density at radius 3 is 2.48 bits per heavy atom. The van der Waals surface area contributed by atoms with Crippen LogP contribution in [0.15, 0.2) is 52.4 Å². The monoisotopic (exact) mass is 532 g/mol. The van der Waals surface area contributed by atoms with Crippen LogP contribution in [0, 0.1) is 6.92 Å². The van der Waals surface area contributed by atoms with Gasteiger partial charge in [-0.1, -0.05) is 23.8 Å². The molecule has 158 valence electrons. The normalized spacial score (nSPS) is 13.0. The lowest BCUT2D eigenvalue weighted by Gasteiger charge is -2.13. The van der Waals surface area contributed by atoms with Gasteiger partial charge in [0.1, 0.15) is 0 Å². The van der Waals surface area contributed by atoms with Gasteiger partial charge in [-0.15, -0.1) is 24.0 Å². The zero-order valence-corrected chi connectivity index (χ0v) is 19.4. The molecular weight excluding hydrogens is 507 g/mol. The number of ether oxygens (including phenoxy) is 2. The molecule has 10 heteroatoms. The summed E-state index contributed by atoms with van der Waals surface area (Å²) in [6.07, 6.45) is 0. The Morgan fingerprint density at radius 1 is 1.03 bits per heavy atom. The van der Waals surface area contributed by atoms with Crippen molar-refractivity contribution in [2.75, 3.05) is 26.9 Å². The van der Waals surface area contributed by atoms with Crippen LogP contribution in [-0.4, -0.2) is 41.3 Å². The number of fused-ring (bicyclic) bond motifs is 1. The van der Waals surface area contributed by atoms with Crippen LogP contribution >= 0.6 is 24.0 Å². The molecule has 0 unspecified atom stereocenters. The van der Waals surface area contributed by atoms with E-state index in [-0.39, 0.29) is 42.2 Å². The second kappa shape index (κ2) is 10.6. The largest absolute Gasteiger partial charge is 0.454 e. The maximum absolute atomic E-state index is 12.3. The van der Waals surface area contributed by atoms with Gasteiger partial charge in [-0.2, -0.15) is 0 Å². The fourth-order valence-corrected chi connectivity index (χ4v) is 3.66. The number of hydrogen-bond donors (Lipinski definition) is 3. The van der Waals surface area contributed by atoms with Gasteiger partial charge in [0.25, 0.3) is 0 Å². The second-order valence-electron chi connectivity index (χ2n) is 6.25. The summed E-state index contributed by atoms with van der Waals surface area (Å²) in [6.45, 7) is 3.34. The highest BCUT2D eigenvalue weighted by atomic mass is 127. The number of sulfonamides is 1. The average Bonchev–Trinajstić information content (AvgIpc) is 3.15. The quantitative estimate of drug-likeness (QED) is 0.218.